The van der Waals surface area contributed by atoms with Crippen LogP contribution in [0.1, 0.15) is 37.2 Å². The van der Waals surface area contributed by atoms with E-state index in [0.717, 1.165) is 67.4 Å². The van der Waals surface area contributed by atoms with Crippen LogP contribution in [-0.4, -0.2) is 38.6 Å². The van der Waals surface area contributed by atoms with E-state index < -0.39 is 26.6 Å². The summed E-state index contributed by atoms with van der Waals surface area (Å²) in [5, 5.41) is 4.54. The topological polar surface area (TPSA) is 93.2 Å². The third kappa shape index (κ3) is 5.46. The molecule has 0 aliphatic carbocycles. The maximum atomic E-state index is 14.2. The van der Waals surface area contributed by atoms with Gasteiger partial charge in [-0.1, -0.05) is 12.5 Å². The molecule has 38 heavy (non-hydrogen) atoms. The van der Waals surface area contributed by atoms with E-state index in [0.29, 0.717) is 17.5 Å². The van der Waals surface area contributed by atoms with Gasteiger partial charge in [0.2, 0.25) is 5.88 Å². The molecule has 0 saturated carbocycles. The molecular formula is C28H28F2N4O3S. The molecule has 4 aromatic rings. The second-order valence-electron chi connectivity index (χ2n) is 9.32. The quantitative estimate of drug-likeness (QED) is 0.331. The fraction of sp³-hybridized carbons (Fsp3) is 0.286. The van der Waals surface area contributed by atoms with Gasteiger partial charge < -0.3 is 10.1 Å². The van der Waals surface area contributed by atoms with Crippen LogP contribution in [0.3, 0.4) is 0 Å². The number of nitrogens with one attached hydrogen (secondary N) is 2. The molecule has 0 radical (unpaired) electrons. The van der Waals surface area contributed by atoms with E-state index in [9.17, 15) is 17.2 Å². The summed E-state index contributed by atoms with van der Waals surface area (Å²) in [7, 11) is -3.02. The van der Waals surface area contributed by atoms with Crippen molar-refractivity contribution in [2.75, 3.05) is 24.9 Å². The highest BCUT2D eigenvalue weighted by molar-refractivity contribution is 7.92. The van der Waals surface area contributed by atoms with Crippen molar-refractivity contribution in [3.8, 4) is 17.0 Å². The number of anilines is 1. The highest BCUT2D eigenvalue weighted by Gasteiger charge is 2.23. The molecule has 1 aliphatic heterocycles. The predicted molar refractivity (Wildman–Crippen MR) is 143 cm³/mol. The van der Waals surface area contributed by atoms with Gasteiger partial charge in [-0.15, -0.1) is 0 Å². The van der Waals surface area contributed by atoms with Crippen LogP contribution in [0.4, 0.5) is 14.5 Å². The summed E-state index contributed by atoms with van der Waals surface area (Å²) in [5.74, 6) is -1.64. The molecule has 1 saturated heterocycles. The Balaban J connectivity index is 1.52. The fourth-order valence-electron chi connectivity index (χ4n) is 4.94. The summed E-state index contributed by atoms with van der Waals surface area (Å²) in [5.41, 5.74) is 3.62. The minimum atomic E-state index is -4.38. The lowest BCUT2D eigenvalue weighted by atomic mass is 9.87. The molecule has 198 valence electrons. The van der Waals surface area contributed by atoms with Gasteiger partial charge in [0.1, 0.15) is 22.2 Å². The van der Waals surface area contributed by atoms with Gasteiger partial charge in [0, 0.05) is 29.4 Å². The molecule has 2 N–H and O–H groups in total. The van der Waals surface area contributed by atoms with Crippen LogP contribution in [0.5, 0.6) is 5.88 Å². The molecule has 3 heterocycles. The number of sulfonamides is 1. The normalized spacial score (nSPS) is 16.6. The summed E-state index contributed by atoms with van der Waals surface area (Å²) in [6.45, 7) is 2.02. The third-order valence-corrected chi connectivity index (χ3v) is 8.25. The van der Waals surface area contributed by atoms with Gasteiger partial charge in [-0.2, -0.15) is 0 Å². The van der Waals surface area contributed by atoms with Crippen LogP contribution in [0.2, 0.25) is 0 Å². The number of aromatic nitrogens is 2. The molecule has 2 aromatic heterocycles. The number of fused-ring (bicyclic) bond motifs is 1. The number of rotatable bonds is 6. The minimum Gasteiger partial charge on any atom is -0.480 e. The Morgan fingerprint density at radius 2 is 1.84 bits per heavy atom. The van der Waals surface area contributed by atoms with Crippen LogP contribution < -0.4 is 14.8 Å². The average molecular weight is 539 g/mol. The first-order valence-corrected chi connectivity index (χ1v) is 14.0. The number of ether oxygens (including phenoxy) is 1. The number of pyridine rings is 2. The zero-order valence-electron chi connectivity index (χ0n) is 20.9. The average Bonchev–Trinajstić information content (AvgIpc) is 2.87. The van der Waals surface area contributed by atoms with E-state index >= 15 is 0 Å². The summed E-state index contributed by atoms with van der Waals surface area (Å²) in [4.78, 5) is 8.15. The summed E-state index contributed by atoms with van der Waals surface area (Å²) < 4.78 is 61.0. The molecule has 5 rings (SSSR count). The first-order chi connectivity index (χ1) is 18.4. The molecule has 7 nitrogen and oxygen atoms in total. The van der Waals surface area contributed by atoms with Crippen LogP contribution in [0.15, 0.2) is 65.8 Å². The van der Waals surface area contributed by atoms with Gasteiger partial charge in [0.25, 0.3) is 10.0 Å². The molecule has 0 spiro atoms. The summed E-state index contributed by atoms with van der Waals surface area (Å²) in [6.07, 6.45) is 7.90. The number of benzene rings is 2. The predicted octanol–water partition coefficient (Wildman–Crippen LogP) is 5.63. The lowest BCUT2D eigenvalue weighted by Gasteiger charge is -2.22. The maximum absolute atomic E-state index is 14.2. The van der Waals surface area contributed by atoms with Crippen LogP contribution in [0.25, 0.3) is 22.0 Å². The number of methoxy groups -OCH3 is 1. The number of halogens is 2. The van der Waals surface area contributed by atoms with Crippen molar-refractivity contribution in [1.82, 2.24) is 15.3 Å². The number of hydrogen-bond acceptors (Lipinski definition) is 6. The highest BCUT2D eigenvalue weighted by atomic mass is 32.2. The Bertz CT molecular complexity index is 1570. The smallest absolute Gasteiger partial charge is 0.264 e. The SMILES string of the molecule is COc1ncc(-c2ccc3nccc(C4CCCCNCC4)c3c2)cc1NS(=O)(=O)c1ccc(F)cc1F. The summed E-state index contributed by atoms with van der Waals surface area (Å²) in [6, 6.07) is 11.8. The van der Waals surface area contributed by atoms with Crippen molar-refractivity contribution in [1.29, 1.82) is 0 Å². The fourth-order valence-corrected chi connectivity index (χ4v) is 6.05. The minimum absolute atomic E-state index is 0.0185. The van der Waals surface area contributed by atoms with Gasteiger partial charge in [-0.05, 0) is 85.8 Å². The first-order valence-electron chi connectivity index (χ1n) is 12.5. The van der Waals surface area contributed by atoms with Crippen molar-refractivity contribution < 1.29 is 21.9 Å². The Labute approximate surface area is 220 Å². The molecule has 1 unspecified atom stereocenters. The zero-order valence-corrected chi connectivity index (χ0v) is 21.7. The maximum Gasteiger partial charge on any atom is 0.264 e. The van der Waals surface area contributed by atoms with Crippen LogP contribution in [-0.2, 0) is 10.0 Å². The lowest BCUT2D eigenvalue weighted by Crippen LogP contribution is -2.21. The Kier molecular flexibility index (Phi) is 7.53. The number of hydrogen-bond donors (Lipinski definition) is 2. The van der Waals surface area contributed by atoms with E-state index in [1.807, 2.05) is 24.4 Å². The Hall–Kier alpha value is -3.63. The van der Waals surface area contributed by atoms with E-state index in [1.165, 1.54) is 12.7 Å². The number of nitrogens with zero attached hydrogens (tertiary/aromatic N) is 2. The van der Waals surface area contributed by atoms with E-state index in [4.69, 9.17) is 4.74 Å². The molecule has 1 atom stereocenters. The Morgan fingerprint density at radius 1 is 0.974 bits per heavy atom. The Morgan fingerprint density at radius 3 is 2.66 bits per heavy atom. The van der Waals surface area contributed by atoms with Crippen molar-refractivity contribution in [3.05, 3.63) is 78.1 Å². The van der Waals surface area contributed by atoms with Crippen molar-refractivity contribution in [3.63, 3.8) is 0 Å². The van der Waals surface area contributed by atoms with Crippen LogP contribution in [0, 0.1) is 11.6 Å². The van der Waals surface area contributed by atoms with Gasteiger partial charge in [-0.25, -0.2) is 22.2 Å². The van der Waals surface area contributed by atoms with Gasteiger partial charge in [-0.3, -0.25) is 9.71 Å². The zero-order chi connectivity index (χ0) is 26.7. The van der Waals surface area contributed by atoms with Gasteiger partial charge >= 0.3 is 0 Å². The molecule has 1 aliphatic rings. The molecule has 0 bridgehead atoms. The molecular weight excluding hydrogens is 510 g/mol. The molecule has 0 amide bonds. The third-order valence-electron chi connectivity index (χ3n) is 6.85. The van der Waals surface area contributed by atoms with E-state index in [2.05, 4.69) is 26.1 Å². The van der Waals surface area contributed by atoms with Crippen molar-refractivity contribution in [2.45, 2.75) is 36.5 Å². The molecule has 10 heteroatoms. The lowest BCUT2D eigenvalue weighted by molar-refractivity contribution is 0.400. The standard InChI is InChI=1S/C28H28F2N4O3S/c1-37-28-26(34-38(35,36)27-8-6-21(29)16-24(27)30)15-20(17-33-28)19-5-7-25-23(14-19)22(10-13-32-25)18-4-2-3-11-31-12-9-18/h5-8,10,13-18,31,34H,2-4,9,11-12H2,1H3. The summed E-state index contributed by atoms with van der Waals surface area (Å²) >= 11 is 0. The second-order valence-corrected chi connectivity index (χ2v) is 11.0. The van der Waals surface area contributed by atoms with Crippen molar-refractivity contribution in [2.24, 2.45) is 0 Å². The first kappa shape index (κ1) is 26.0. The largest absolute Gasteiger partial charge is 0.480 e. The van der Waals surface area contributed by atoms with Crippen molar-refractivity contribution >= 4 is 26.6 Å². The highest BCUT2D eigenvalue weighted by Crippen LogP contribution is 2.35. The monoisotopic (exact) mass is 538 g/mol. The van der Waals surface area contributed by atoms with Gasteiger partial charge in [0.15, 0.2) is 0 Å². The van der Waals surface area contributed by atoms with Gasteiger partial charge in [0.05, 0.1) is 12.6 Å². The van der Waals surface area contributed by atoms with E-state index in [1.54, 1.807) is 12.3 Å². The van der Waals surface area contributed by atoms with E-state index in [-0.39, 0.29) is 11.6 Å². The van der Waals surface area contributed by atoms with Crippen LogP contribution >= 0.6 is 0 Å². The molecule has 2 aromatic carbocycles. The molecule has 1 fully saturated rings. The second kappa shape index (κ2) is 11.0.